The molecule has 1 unspecified atom stereocenters. The van der Waals surface area contributed by atoms with E-state index in [9.17, 15) is 0 Å². The third-order valence-corrected chi connectivity index (χ3v) is 6.13. The van der Waals surface area contributed by atoms with Gasteiger partial charge in [0.2, 0.25) is 0 Å². The van der Waals surface area contributed by atoms with Gasteiger partial charge in [0.05, 0.1) is 5.39 Å². The van der Waals surface area contributed by atoms with Crippen molar-refractivity contribution in [1.29, 1.82) is 0 Å². The number of piperidine rings is 1. The highest BCUT2D eigenvalue weighted by Crippen LogP contribution is 2.44. The van der Waals surface area contributed by atoms with Gasteiger partial charge in [-0.2, -0.15) is 0 Å². The molecule has 134 valence electrons. The van der Waals surface area contributed by atoms with E-state index in [1.807, 2.05) is 12.4 Å². The van der Waals surface area contributed by atoms with Gasteiger partial charge in [0.1, 0.15) is 23.6 Å². The topological polar surface area (TPSA) is 60.9 Å². The number of pyridine rings is 1. The Labute approximate surface area is 153 Å². The monoisotopic (exact) mass is 348 g/mol. The van der Waals surface area contributed by atoms with E-state index in [1.165, 1.54) is 12.0 Å². The van der Waals surface area contributed by atoms with E-state index in [1.54, 1.807) is 6.33 Å². The number of nitrogens with zero attached hydrogens (tertiary/aromatic N) is 5. The Kier molecular flexibility index (Phi) is 3.42. The van der Waals surface area contributed by atoms with Crippen molar-refractivity contribution in [3.8, 4) is 0 Å². The highest BCUT2D eigenvalue weighted by molar-refractivity contribution is 5.87. The highest BCUT2D eigenvalue weighted by Gasteiger charge is 2.47. The molecule has 2 saturated heterocycles. The van der Waals surface area contributed by atoms with Gasteiger partial charge in [-0.25, -0.2) is 15.0 Å². The van der Waals surface area contributed by atoms with Gasteiger partial charge < -0.3 is 14.8 Å². The van der Waals surface area contributed by atoms with Crippen molar-refractivity contribution in [3.05, 3.63) is 42.5 Å². The Morgan fingerprint density at radius 2 is 2.00 bits per heavy atom. The lowest BCUT2D eigenvalue weighted by atomic mass is 9.75. The molecule has 0 saturated carbocycles. The van der Waals surface area contributed by atoms with Crippen LogP contribution in [0.4, 0.5) is 11.6 Å². The molecule has 1 N–H and O–H groups in total. The van der Waals surface area contributed by atoms with E-state index >= 15 is 0 Å². The number of rotatable bonds is 2. The summed E-state index contributed by atoms with van der Waals surface area (Å²) in [4.78, 5) is 21.7. The van der Waals surface area contributed by atoms with Gasteiger partial charge in [-0.1, -0.05) is 13.0 Å². The van der Waals surface area contributed by atoms with E-state index < -0.39 is 0 Å². The molecular formula is C20H24N6. The molecule has 3 aromatic heterocycles. The molecule has 0 aromatic carbocycles. The zero-order chi connectivity index (χ0) is 17.7. The first-order valence-corrected chi connectivity index (χ1v) is 9.33. The Bertz CT molecular complexity index is 933. The number of aryl methyl sites for hydroxylation is 1. The minimum absolute atomic E-state index is 0.248. The number of hydrogen-bond donors (Lipinski definition) is 1. The predicted octanol–water partition coefficient (Wildman–Crippen LogP) is 3.01. The Morgan fingerprint density at radius 3 is 2.85 bits per heavy atom. The molecule has 2 fully saturated rings. The quantitative estimate of drug-likeness (QED) is 0.771. The molecular weight excluding hydrogens is 324 g/mol. The summed E-state index contributed by atoms with van der Waals surface area (Å²) in [7, 11) is 0. The fraction of sp³-hybridized carbons (Fsp3) is 0.450. The second-order valence-electron chi connectivity index (χ2n) is 8.07. The third-order valence-electron chi connectivity index (χ3n) is 6.13. The standard InChI is InChI=1S/C20H24N6/c1-14-3-4-17(22-9-14)26-10-15-6-8-25(11-20(15,2)12-26)19-16-5-7-21-18(16)23-13-24-19/h3-5,7,9,13,15H,6,8,10-12H2,1-2H3,(H,21,23,24)/t15?,20-/m0/s1. The maximum Gasteiger partial charge on any atom is 0.142 e. The summed E-state index contributed by atoms with van der Waals surface area (Å²) in [6, 6.07) is 6.39. The van der Waals surface area contributed by atoms with Crippen molar-refractivity contribution in [2.45, 2.75) is 20.3 Å². The van der Waals surface area contributed by atoms with Gasteiger partial charge in [-0.3, -0.25) is 0 Å². The van der Waals surface area contributed by atoms with E-state index in [2.05, 4.69) is 61.8 Å². The summed E-state index contributed by atoms with van der Waals surface area (Å²) in [6.45, 7) is 8.73. The fourth-order valence-electron chi connectivity index (χ4n) is 4.67. The lowest BCUT2D eigenvalue weighted by Crippen LogP contribution is -2.47. The van der Waals surface area contributed by atoms with Crippen LogP contribution in [0.1, 0.15) is 18.9 Å². The molecule has 0 spiro atoms. The number of anilines is 2. The van der Waals surface area contributed by atoms with Gasteiger partial charge in [0.25, 0.3) is 0 Å². The number of nitrogens with one attached hydrogen (secondary N) is 1. The molecule has 3 aromatic rings. The average molecular weight is 348 g/mol. The molecule has 2 aliphatic rings. The van der Waals surface area contributed by atoms with Crippen LogP contribution in [0, 0.1) is 18.3 Å². The first-order chi connectivity index (χ1) is 12.6. The molecule has 6 heteroatoms. The van der Waals surface area contributed by atoms with Gasteiger partial charge in [-0.15, -0.1) is 0 Å². The normalized spacial score (nSPS) is 25.7. The zero-order valence-corrected chi connectivity index (χ0v) is 15.3. The Balaban J connectivity index is 1.41. The first-order valence-electron chi connectivity index (χ1n) is 9.33. The SMILES string of the molecule is Cc1ccc(N2CC3CCN(c4ncnc5[nH]ccc45)C[C@@]3(C)C2)nc1. The van der Waals surface area contributed by atoms with Crippen molar-refractivity contribution in [2.24, 2.45) is 11.3 Å². The lowest BCUT2D eigenvalue weighted by Gasteiger charge is -2.42. The summed E-state index contributed by atoms with van der Waals surface area (Å²) in [5.74, 6) is 2.86. The van der Waals surface area contributed by atoms with Crippen LogP contribution in [0.25, 0.3) is 11.0 Å². The first kappa shape index (κ1) is 15.6. The van der Waals surface area contributed by atoms with Crippen LogP contribution < -0.4 is 9.80 Å². The number of fused-ring (bicyclic) bond motifs is 2. The van der Waals surface area contributed by atoms with Crippen molar-refractivity contribution in [3.63, 3.8) is 0 Å². The maximum atomic E-state index is 4.65. The molecule has 6 nitrogen and oxygen atoms in total. The molecule has 5 heterocycles. The lowest BCUT2D eigenvalue weighted by molar-refractivity contribution is 0.216. The zero-order valence-electron chi connectivity index (χ0n) is 15.3. The van der Waals surface area contributed by atoms with Crippen LogP contribution in [-0.2, 0) is 0 Å². The number of aromatic amines is 1. The highest BCUT2D eigenvalue weighted by atomic mass is 15.3. The molecule has 2 atom stereocenters. The second-order valence-corrected chi connectivity index (χ2v) is 8.07. The molecule has 0 bridgehead atoms. The van der Waals surface area contributed by atoms with Crippen LogP contribution in [0.3, 0.4) is 0 Å². The summed E-state index contributed by atoms with van der Waals surface area (Å²) < 4.78 is 0. The summed E-state index contributed by atoms with van der Waals surface area (Å²) in [5, 5.41) is 1.12. The third kappa shape index (κ3) is 2.43. The summed E-state index contributed by atoms with van der Waals surface area (Å²) in [5.41, 5.74) is 2.37. The largest absolute Gasteiger partial charge is 0.356 e. The maximum absolute atomic E-state index is 4.65. The second kappa shape index (κ2) is 5.69. The van der Waals surface area contributed by atoms with E-state index in [0.717, 1.165) is 48.8 Å². The van der Waals surface area contributed by atoms with Gasteiger partial charge in [0, 0.05) is 44.0 Å². The Morgan fingerprint density at radius 1 is 1.12 bits per heavy atom. The summed E-state index contributed by atoms with van der Waals surface area (Å²) in [6.07, 6.45) is 6.77. The average Bonchev–Trinajstić information content (AvgIpc) is 3.25. The van der Waals surface area contributed by atoms with Crippen LogP contribution in [0.15, 0.2) is 36.9 Å². The number of aromatic nitrogens is 4. The number of H-pyrrole nitrogens is 1. The molecule has 2 aliphatic heterocycles. The Hall–Kier alpha value is -2.63. The van der Waals surface area contributed by atoms with Crippen LogP contribution in [-0.4, -0.2) is 46.1 Å². The molecule has 26 heavy (non-hydrogen) atoms. The van der Waals surface area contributed by atoms with Crippen molar-refractivity contribution >= 4 is 22.7 Å². The minimum Gasteiger partial charge on any atom is -0.356 e. The van der Waals surface area contributed by atoms with E-state index in [-0.39, 0.29) is 5.41 Å². The van der Waals surface area contributed by atoms with Crippen LogP contribution in [0.5, 0.6) is 0 Å². The van der Waals surface area contributed by atoms with Crippen LogP contribution in [0.2, 0.25) is 0 Å². The van der Waals surface area contributed by atoms with Gasteiger partial charge in [0.15, 0.2) is 0 Å². The predicted molar refractivity (Wildman–Crippen MR) is 104 cm³/mol. The molecule has 0 aliphatic carbocycles. The smallest absolute Gasteiger partial charge is 0.142 e. The van der Waals surface area contributed by atoms with E-state index in [0.29, 0.717) is 5.92 Å². The van der Waals surface area contributed by atoms with E-state index in [4.69, 9.17) is 0 Å². The summed E-state index contributed by atoms with van der Waals surface area (Å²) >= 11 is 0. The minimum atomic E-state index is 0.248. The van der Waals surface area contributed by atoms with Crippen LogP contribution >= 0.6 is 0 Å². The molecule has 5 rings (SSSR count). The van der Waals surface area contributed by atoms with Crippen molar-refractivity contribution < 1.29 is 0 Å². The van der Waals surface area contributed by atoms with Gasteiger partial charge >= 0.3 is 0 Å². The van der Waals surface area contributed by atoms with Crippen molar-refractivity contribution in [1.82, 2.24) is 19.9 Å². The fourth-order valence-corrected chi connectivity index (χ4v) is 4.67. The van der Waals surface area contributed by atoms with Gasteiger partial charge in [-0.05, 0) is 37.0 Å². The van der Waals surface area contributed by atoms with Crippen molar-refractivity contribution in [2.75, 3.05) is 36.0 Å². The molecule has 0 amide bonds. The number of hydrogen-bond acceptors (Lipinski definition) is 5. The molecule has 0 radical (unpaired) electrons.